The van der Waals surface area contributed by atoms with Crippen LogP contribution >= 0.6 is 0 Å². The van der Waals surface area contributed by atoms with E-state index in [2.05, 4.69) is 0 Å². The molecule has 0 atom stereocenters. The van der Waals surface area contributed by atoms with Gasteiger partial charge in [-0.15, -0.1) is 0 Å². The minimum Gasteiger partial charge on any atom is -0.481 e. The summed E-state index contributed by atoms with van der Waals surface area (Å²) in [5.41, 5.74) is 2.93. The summed E-state index contributed by atoms with van der Waals surface area (Å²) < 4.78 is 5.46. The van der Waals surface area contributed by atoms with E-state index >= 15 is 0 Å². The number of carboxylic acids is 1. The topological polar surface area (TPSA) is 50.4 Å². The summed E-state index contributed by atoms with van der Waals surface area (Å²) in [7, 11) is 0. The number of furan rings is 1. The van der Waals surface area contributed by atoms with Crippen molar-refractivity contribution in [3.63, 3.8) is 0 Å². The van der Waals surface area contributed by atoms with Gasteiger partial charge >= 0.3 is 5.97 Å². The molecule has 0 amide bonds. The first-order chi connectivity index (χ1) is 7.74. The van der Waals surface area contributed by atoms with E-state index in [1.54, 1.807) is 0 Å². The van der Waals surface area contributed by atoms with E-state index < -0.39 is 5.97 Å². The van der Waals surface area contributed by atoms with Gasteiger partial charge in [-0.05, 0) is 36.5 Å². The predicted molar refractivity (Wildman–Crippen MR) is 59.5 cm³/mol. The lowest BCUT2D eigenvalue weighted by atomic mass is 10.1. The van der Waals surface area contributed by atoms with Gasteiger partial charge in [-0.2, -0.15) is 0 Å². The number of benzene rings is 1. The lowest BCUT2D eigenvalue weighted by Crippen LogP contribution is -1.99. The number of hydrogen-bond donors (Lipinski definition) is 1. The zero-order chi connectivity index (χ0) is 11.1. The predicted octanol–water partition coefficient (Wildman–Crippen LogP) is 2.94. The van der Waals surface area contributed by atoms with Crippen LogP contribution in [0.15, 0.2) is 28.9 Å². The number of fused-ring (bicyclic) bond motifs is 1. The third-order valence-electron chi connectivity index (χ3n) is 3.04. The fraction of sp³-hybridized carbons (Fsp3) is 0.308. The highest BCUT2D eigenvalue weighted by atomic mass is 16.4. The van der Waals surface area contributed by atoms with Crippen molar-refractivity contribution in [1.29, 1.82) is 0 Å². The molecule has 1 saturated carbocycles. The first-order valence-corrected chi connectivity index (χ1v) is 5.46. The molecule has 0 spiro atoms. The molecule has 1 aliphatic carbocycles. The van der Waals surface area contributed by atoms with Crippen molar-refractivity contribution < 1.29 is 14.3 Å². The SMILES string of the molecule is O=C(O)Cc1ccc2occ(C3CC3)c2c1. The third kappa shape index (κ3) is 1.58. The van der Waals surface area contributed by atoms with Gasteiger partial charge in [0.2, 0.25) is 0 Å². The Hall–Kier alpha value is -1.77. The van der Waals surface area contributed by atoms with Crippen LogP contribution in [0.1, 0.15) is 29.9 Å². The highest BCUT2D eigenvalue weighted by Gasteiger charge is 2.27. The van der Waals surface area contributed by atoms with Gasteiger partial charge < -0.3 is 9.52 Å². The molecule has 0 unspecified atom stereocenters. The van der Waals surface area contributed by atoms with Gasteiger partial charge in [0.25, 0.3) is 0 Å². The van der Waals surface area contributed by atoms with Crippen LogP contribution in [0.3, 0.4) is 0 Å². The second kappa shape index (κ2) is 3.37. The summed E-state index contributed by atoms with van der Waals surface area (Å²) >= 11 is 0. The largest absolute Gasteiger partial charge is 0.481 e. The lowest BCUT2D eigenvalue weighted by molar-refractivity contribution is -0.136. The highest BCUT2D eigenvalue weighted by molar-refractivity contribution is 5.84. The number of rotatable bonds is 3. The second-order valence-corrected chi connectivity index (χ2v) is 4.37. The summed E-state index contributed by atoms with van der Waals surface area (Å²) in [5.74, 6) is -0.169. The first kappa shape index (κ1) is 9.46. The minimum atomic E-state index is -0.796. The molecule has 16 heavy (non-hydrogen) atoms. The van der Waals surface area contributed by atoms with Crippen LogP contribution in [-0.2, 0) is 11.2 Å². The molecule has 1 aromatic heterocycles. The summed E-state index contributed by atoms with van der Waals surface area (Å²) in [4.78, 5) is 10.7. The van der Waals surface area contributed by atoms with Crippen molar-refractivity contribution in [2.24, 2.45) is 0 Å². The molecular formula is C13H12O3. The Morgan fingerprint density at radius 1 is 1.44 bits per heavy atom. The third-order valence-corrected chi connectivity index (χ3v) is 3.04. The quantitative estimate of drug-likeness (QED) is 0.858. The molecule has 0 aliphatic heterocycles. The Bertz CT molecular complexity index is 549. The van der Waals surface area contributed by atoms with Gasteiger partial charge in [-0.1, -0.05) is 6.07 Å². The first-order valence-electron chi connectivity index (χ1n) is 5.46. The summed E-state index contributed by atoms with van der Waals surface area (Å²) in [6, 6.07) is 5.62. The van der Waals surface area contributed by atoms with E-state index in [-0.39, 0.29) is 6.42 Å². The van der Waals surface area contributed by atoms with Crippen molar-refractivity contribution in [1.82, 2.24) is 0 Å². The highest BCUT2D eigenvalue weighted by Crippen LogP contribution is 2.44. The average Bonchev–Trinajstić information content (AvgIpc) is 2.98. The maximum atomic E-state index is 10.7. The maximum Gasteiger partial charge on any atom is 0.307 e. The summed E-state index contributed by atoms with van der Waals surface area (Å²) in [6.45, 7) is 0. The smallest absolute Gasteiger partial charge is 0.307 e. The van der Waals surface area contributed by atoms with E-state index in [0.717, 1.165) is 16.5 Å². The number of carbonyl (C=O) groups is 1. The van der Waals surface area contributed by atoms with Crippen LogP contribution in [0.25, 0.3) is 11.0 Å². The summed E-state index contributed by atoms with van der Waals surface area (Å²) in [6.07, 6.45) is 4.33. The Balaban J connectivity index is 2.06. The minimum absolute atomic E-state index is 0.0746. The van der Waals surface area contributed by atoms with Gasteiger partial charge in [-0.25, -0.2) is 0 Å². The molecule has 0 saturated heterocycles. The van der Waals surface area contributed by atoms with Crippen LogP contribution < -0.4 is 0 Å². The van der Waals surface area contributed by atoms with E-state index in [1.165, 1.54) is 18.4 Å². The van der Waals surface area contributed by atoms with E-state index in [9.17, 15) is 4.79 Å². The van der Waals surface area contributed by atoms with Crippen LogP contribution in [0.5, 0.6) is 0 Å². The number of carboxylic acid groups (broad SMARTS) is 1. The standard InChI is InChI=1S/C13H12O3/c14-13(15)6-8-1-4-12-10(5-8)11(7-16-12)9-2-3-9/h1,4-5,7,9H,2-3,6H2,(H,14,15). The van der Waals surface area contributed by atoms with Gasteiger partial charge in [0.05, 0.1) is 12.7 Å². The summed E-state index contributed by atoms with van der Waals surface area (Å²) in [5, 5.41) is 9.84. The molecule has 0 bridgehead atoms. The molecule has 1 fully saturated rings. The van der Waals surface area contributed by atoms with Gasteiger partial charge in [0, 0.05) is 10.9 Å². The molecule has 1 aromatic carbocycles. The molecule has 3 rings (SSSR count). The van der Waals surface area contributed by atoms with Gasteiger partial charge in [0.15, 0.2) is 0 Å². The van der Waals surface area contributed by atoms with Crippen LogP contribution in [0.2, 0.25) is 0 Å². The van der Waals surface area contributed by atoms with E-state index in [1.807, 2.05) is 24.5 Å². The Morgan fingerprint density at radius 3 is 2.94 bits per heavy atom. The Morgan fingerprint density at radius 2 is 2.25 bits per heavy atom. The van der Waals surface area contributed by atoms with E-state index in [4.69, 9.17) is 9.52 Å². The molecular weight excluding hydrogens is 204 g/mol. The molecule has 82 valence electrons. The number of hydrogen-bond acceptors (Lipinski definition) is 2. The van der Waals surface area contributed by atoms with Crippen LogP contribution in [0, 0.1) is 0 Å². The van der Waals surface area contributed by atoms with Gasteiger partial charge in [-0.3, -0.25) is 4.79 Å². The zero-order valence-electron chi connectivity index (χ0n) is 8.77. The molecule has 1 heterocycles. The van der Waals surface area contributed by atoms with E-state index in [0.29, 0.717) is 5.92 Å². The average molecular weight is 216 g/mol. The Labute approximate surface area is 92.7 Å². The molecule has 1 aliphatic rings. The van der Waals surface area contributed by atoms with Crippen molar-refractivity contribution in [3.8, 4) is 0 Å². The van der Waals surface area contributed by atoms with Gasteiger partial charge in [0.1, 0.15) is 5.58 Å². The fourth-order valence-electron chi connectivity index (χ4n) is 2.09. The van der Waals surface area contributed by atoms with Crippen molar-refractivity contribution in [2.45, 2.75) is 25.2 Å². The second-order valence-electron chi connectivity index (χ2n) is 4.37. The Kier molecular flexibility index (Phi) is 1.99. The van der Waals surface area contributed by atoms with Crippen LogP contribution in [0.4, 0.5) is 0 Å². The fourth-order valence-corrected chi connectivity index (χ4v) is 2.09. The molecule has 0 radical (unpaired) electrons. The lowest BCUT2D eigenvalue weighted by Gasteiger charge is -1.98. The monoisotopic (exact) mass is 216 g/mol. The normalized spacial score (nSPS) is 15.5. The molecule has 1 N–H and O–H groups in total. The zero-order valence-corrected chi connectivity index (χ0v) is 8.77. The van der Waals surface area contributed by atoms with Crippen molar-refractivity contribution in [2.75, 3.05) is 0 Å². The van der Waals surface area contributed by atoms with Crippen molar-refractivity contribution in [3.05, 3.63) is 35.6 Å². The molecule has 3 heteroatoms. The maximum absolute atomic E-state index is 10.7. The molecule has 2 aromatic rings. The van der Waals surface area contributed by atoms with Crippen molar-refractivity contribution >= 4 is 16.9 Å². The van der Waals surface area contributed by atoms with Crippen LogP contribution in [-0.4, -0.2) is 11.1 Å². The molecule has 3 nitrogen and oxygen atoms in total. The number of aliphatic carboxylic acids is 1.